The normalized spacial score (nSPS) is 30.7. The Morgan fingerprint density at radius 3 is 2.77 bits per heavy atom. The third kappa shape index (κ3) is 2.02. The molecule has 1 fully saturated rings. The summed E-state index contributed by atoms with van der Waals surface area (Å²) >= 11 is 0. The molecule has 2 aliphatic heterocycles. The number of carboxylic acid groups (broad SMARTS) is 1. The van der Waals surface area contributed by atoms with Gasteiger partial charge in [0, 0.05) is 0 Å². The summed E-state index contributed by atoms with van der Waals surface area (Å²) in [5.74, 6) is 0.0148. The molecule has 4 atom stereocenters. The van der Waals surface area contributed by atoms with Crippen LogP contribution in [0.15, 0.2) is 11.1 Å². The molecule has 22 heavy (non-hydrogen) atoms. The Kier molecular flexibility index (Phi) is 3.48. The predicted octanol–water partition coefficient (Wildman–Crippen LogP) is -2.53. The molecule has 2 aliphatic rings. The highest BCUT2D eigenvalue weighted by molar-refractivity contribution is 5.93. The first-order chi connectivity index (χ1) is 10.5. The zero-order valence-electron chi connectivity index (χ0n) is 11.2. The van der Waals surface area contributed by atoms with E-state index in [4.69, 9.17) is 9.84 Å². The molecule has 0 bridgehead atoms. The van der Waals surface area contributed by atoms with Crippen LogP contribution in [0.2, 0.25) is 0 Å². The van der Waals surface area contributed by atoms with Crippen molar-refractivity contribution in [1.29, 1.82) is 0 Å². The SMILES string of the molecule is O=C(O)N1CN([C@@H]2O[C@H](CO)[C@@H](O)[C@H]2O)c2nc[nH]c(=O)c21. The van der Waals surface area contributed by atoms with E-state index in [2.05, 4.69) is 9.97 Å². The zero-order chi connectivity index (χ0) is 16.0. The van der Waals surface area contributed by atoms with Crippen LogP contribution >= 0.6 is 0 Å². The Hall–Kier alpha value is -2.21. The fourth-order valence-corrected chi connectivity index (χ4v) is 2.62. The van der Waals surface area contributed by atoms with Crippen LogP contribution in [0.5, 0.6) is 0 Å². The molecular weight excluding hydrogens is 300 g/mol. The molecule has 0 saturated carbocycles. The third-order valence-corrected chi connectivity index (χ3v) is 3.70. The molecule has 1 amide bonds. The fourth-order valence-electron chi connectivity index (χ4n) is 2.62. The average molecular weight is 314 g/mol. The van der Waals surface area contributed by atoms with E-state index in [0.29, 0.717) is 0 Å². The van der Waals surface area contributed by atoms with Crippen LogP contribution in [0.1, 0.15) is 0 Å². The van der Waals surface area contributed by atoms with Crippen molar-refractivity contribution in [3.63, 3.8) is 0 Å². The van der Waals surface area contributed by atoms with Crippen molar-refractivity contribution in [2.45, 2.75) is 24.5 Å². The molecule has 0 aromatic carbocycles. The summed E-state index contributed by atoms with van der Waals surface area (Å²) in [5.41, 5.74) is -0.839. The van der Waals surface area contributed by atoms with E-state index in [1.807, 2.05) is 0 Å². The van der Waals surface area contributed by atoms with Gasteiger partial charge in [-0.3, -0.25) is 9.69 Å². The quantitative estimate of drug-likeness (QED) is 0.396. The Morgan fingerprint density at radius 2 is 2.18 bits per heavy atom. The topological polar surface area (TPSA) is 159 Å². The molecule has 0 unspecified atom stereocenters. The lowest BCUT2D eigenvalue weighted by molar-refractivity contribution is -0.0222. The fraction of sp³-hybridized carbons (Fsp3) is 0.545. The van der Waals surface area contributed by atoms with Gasteiger partial charge in [-0.25, -0.2) is 9.78 Å². The number of aliphatic hydroxyl groups excluding tert-OH is 3. The van der Waals surface area contributed by atoms with E-state index in [1.54, 1.807) is 0 Å². The second kappa shape index (κ2) is 5.21. The van der Waals surface area contributed by atoms with Gasteiger partial charge in [-0.15, -0.1) is 0 Å². The molecule has 3 heterocycles. The summed E-state index contributed by atoms with van der Waals surface area (Å²) in [4.78, 5) is 31.3. The van der Waals surface area contributed by atoms with E-state index in [0.717, 1.165) is 11.2 Å². The van der Waals surface area contributed by atoms with Gasteiger partial charge in [0.2, 0.25) is 0 Å². The summed E-state index contributed by atoms with van der Waals surface area (Å²) in [5, 5.41) is 38.1. The number of nitrogens with zero attached hydrogens (tertiary/aromatic N) is 3. The maximum Gasteiger partial charge on any atom is 0.413 e. The van der Waals surface area contributed by atoms with Crippen LogP contribution in [0.4, 0.5) is 16.3 Å². The number of H-pyrrole nitrogens is 1. The van der Waals surface area contributed by atoms with Gasteiger partial charge in [-0.1, -0.05) is 0 Å². The van der Waals surface area contributed by atoms with Crippen LogP contribution in [0, 0.1) is 0 Å². The number of aromatic nitrogens is 2. The van der Waals surface area contributed by atoms with Gasteiger partial charge >= 0.3 is 6.09 Å². The van der Waals surface area contributed by atoms with Crippen molar-refractivity contribution in [2.24, 2.45) is 0 Å². The van der Waals surface area contributed by atoms with Crippen LogP contribution < -0.4 is 15.4 Å². The first-order valence-corrected chi connectivity index (χ1v) is 6.43. The van der Waals surface area contributed by atoms with E-state index in [9.17, 15) is 24.9 Å². The van der Waals surface area contributed by atoms with Crippen LogP contribution in [0.25, 0.3) is 0 Å². The molecular formula is C11H14N4O7. The molecule has 0 spiro atoms. The van der Waals surface area contributed by atoms with Crippen molar-refractivity contribution in [3.05, 3.63) is 16.7 Å². The summed E-state index contributed by atoms with van der Waals surface area (Å²) < 4.78 is 5.35. The van der Waals surface area contributed by atoms with E-state index >= 15 is 0 Å². The van der Waals surface area contributed by atoms with Gasteiger partial charge in [0.05, 0.1) is 12.9 Å². The number of hydrogen-bond donors (Lipinski definition) is 5. The van der Waals surface area contributed by atoms with E-state index < -0.39 is 42.8 Å². The average Bonchev–Trinajstić information content (AvgIpc) is 3.00. The number of aliphatic hydroxyl groups is 3. The molecule has 0 aliphatic carbocycles. The zero-order valence-corrected chi connectivity index (χ0v) is 11.2. The Bertz CT molecular complexity index is 650. The number of anilines is 2. The highest BCUT2D eigenvalue weighted by Crippen LogP contribution is 2.35. The highest BCUT2D eigenvalue weighted by Gasteiger charge is 2.49. The third-order valence-electron chi connectivity index (χ3n) is 3.70. The standard InChI is InChI=1S/C11H14N4O7/c16-1-4-6(17)7(18)10(22-4)15-3-14(11(20)21)5-8(15)12-2-13-9(5)19/h2,4,6-7,10,16-18H,1,3H2,(H,20,21)(H,12,13,19)/t4-,6-,7-,10-/m1/s1. The minimum atomic E-state index is -1.39. The lowest BCUT2D eigenvalue weighted by Crippen LogP contribution is -2.47. The Labute approximate surface area is 123 Å². The second-order valence-electron chi connectivity index (χ2n) is 4.95. The predicted molar refractivity (Wildman–Crippen MR) is 70.5 cm³/mol. The highest BCUT2D eigenvalue weighted by atomic mass is 16.6. The van der Waals surface area contributed by atoms with Crippen LogP contribution in [-0.4, -0.2) is 74.3 Å². The summed E-state index contributed by atoms with van der Waals surface area (Å²) in [6.45, 7) is -0.807. The van der Waals surface area contributed by atoms with Crippen molar-refractivity contribution >= 4 is 17.6 Å². The minimum absolute atomic E-state index is 0.0148. The number of amides is 1. The molecule has 5 N–H and O–H groups in total. The number of carbonyl (C=O) groups is 1. The number of aromatic amines is 1. The molecule has 3 rings (SSSR count). The molecule has 1 aromatic heterocycles. The molecule has 11 nitrogen and oxygen atoms in total. The van der Waals surface area contributed by atoms with Gasteiger partial charge < -0.3 is 35.0 Å². The number of ether oxygens (including phenoxy) is 1. The lowest BCUT2D eigenvalue weighted by atomic mass is 10.1. The maximum atomic E-state index is 11.8. The largest absolute Gasteiger partial charge is 0.465 e. The van der Waals surface area contributed by atoms with Crippen molar-refractivity contribution < 1.29 is 30.0 Å². The number of fused-ring (bicyclic) bond motifs is 1. The van der Waals surface area contributed by atoms with Crippen molar-refractivity contribution in [3.8, 4) is 0 Å². The Balaban J connectivity index is 1.99. The smallest absolute Gasteiger partial charge is 0.413 e. The monoisotopic (exact) mass is 314 g/mol. The van der Waals surface area contributed by atoms with Gasteiger partial charge in [-0.05, 0) is 0 Å². The Morgan fingerprint density at radius 1 is 1.45 bits per heavy atom. The van der Waals surface area contributed by atoms with Gasteiger partial charge in [0.1, 0.15) is 25.0 Å². The molecule has 1 saturated heterocycles. The van der Waals surface area contributed by atoms with Gasteiger partial charge in [-0.2, -0.15) is 0 Å². The number of nitrogens with one attached hydrogen (secondary N) is 1. The second-order valence-corrected chi connectivity index (χ2v) is 4.95. The summed E-state index contributed by atoms with van der Waals surface area (Å²) in [6.07, 6.45) is -5.14. The lowest BCUT2D eigenvalue weighted by Gasteiger charge is -2.27. The van der Waals surface area contributed by atoms with Crippen molar-refractivity contribution in [2.75, 3.05) is 23.1 Å². The van der Waals surface area contributed by atoms with Crippen molar-refractivity contribution in [1.82, 2.24) is 9.97 Å². The van der Waals surface area contributed by atoms with Gasteiger partial charge in [0.15, 0.2) is 17.7 Å². The van der Waals surface area contributed by atoms with Crippen LogP contribution in [0.3, 0.4) is 0 Å². The molecule has 120 valence electrons. The molecule has 11 heteroatoms. The van der Waals surface area contributed by atoms with E-state index in [1.165, 1.54) is 4.90 Å². The number of rotatable bonds is 2. The number of hydrogen-bond acceptors (Lipinski definition) is 8. The first kappa shape index (κ1) is 14.7. The minimum Gasteiger partial charge on any atom is -0.465 e. The van der Waals surface area contributed by atoms with E-state index in [-0.39, 0.29) is 18.2 Å². The summed E-state index contributed by atoms with van der Waals surface area (Å²) in [7, 11) is 0. The van der Waals surface area contributed by atoms with Crippen LogP contribution in [-0.2, 0) is 4.74 Å². The van der Waals surface area contributed by atoms with Gasteiger partial charge in [0.25, 0.3) is 5.56 Å². The molecule has 0 radical (unpaired) electrons. The summed E-state index contributed by atoms with van der Waals surface area (Å²) in [6, 6.07) is 0. The molecule has 1 aromatic rings. The first-order valence-electron chi connectivity index (χ1n) is 6.43. The maximum absolute atomic E-state index is 11.8.